The molecule has 0 aliphatic rings. The molecular weight excluding hydrogens is 250 g/mol. The zero-order chi connectivity index (χ0) is 13.9. The maximum absolute atomic E-state index is 4.37. The van der Waals surface area contributed by atoms with Crippen LogP contribution in [-0.2, 0) is 13.6 Å². The minimum absolute atomic E-state index is 0.759. The van der Waals surface area contributed by atoms with Crippen molar-refractivity contribution in [2.45, 2.75) is 13.5 Å². The van der Waals surface area contributed by atoms with Crippen LogP contribution in [0, 0.1) is 6.92 Å². The van der Waals surface area contributed by atoms with Crippen molar-refractivity contribution >= 4 is 11.6 Å². The predicted octanol–water partition coefficient (Wildman–Crippen LogP) is 2.72. The third-order valence-electron chi connectivity index (χ3n) is 3.20. The van der Waals surface area contributed by atoms with Gasteiger partial charge in [-0.1, -0.05) is 18.2 Å². The van der Waals surface area contributed by atoms with Gasteiger partial charge in [0.25, 0.3) is 0 Å². The Balaban J connectivity index is 1.82. The van der Waals surface area contributed by atoms with Crippen LogP contribution in [0.3, 0.4) is 0 Å². The number of para-hydroxylation sites is 1. The van der Waals surface area contributed by atoms with Crippen molar-refractivity contribution in [2.24, 2.45) is 7.05 Å². The second kappa shape index (κ2) is 5.21. The van der Waals surface area contributed by atoms with E-state index in [1.165, 1.54) is 5.56 Å². The van der Waals surface area contributed by atoms with Gasteiger partial charge in [-0.05, 0) is 19.1 Å². The fourth-order valence-electron chi connectivity index (χ4n) is 2.20. The summed E-state index contributed by atoms with van der Waals surface area (Å²) in [7, 11) is 1.94. The van der Waals surface area contributed by atoms with Crippen LogP contribution >= 0.6 is 0 Å². The van der Waals surface area contributed by atoms with Crippen molar-refractivity contribution in [3.8, 4) is 0 Å². The van der Waals surface area contributed by atoms with Gasteiger partial charge in [-0.2, -0.15) is 5.10 Å². The van der Waals surface area contributed by atoms with Gasteiger partial charge >= 0.3 is 0 Å². The van der Waals surface area contributed by atoms with Gasteiger partial charge in [0.1, 0.15) is 0 Å². The molecule has 3 aromatic rings. The summed E-state index contributed by atoms with van der Waals surface area (Å²) in [6, 6.07) is 10.0. The van der Waals surface area contributed by atoms with Crippen LogP contribution < -0.4 is 5.32 Å². The van der Waals surface area contributed by atoms with Crippen LogP contribution in [0.2, 0.25) is 0 Å². The summed E-state index contributed by atoms with van der Waals surface area (Å²) < 4.78 is 3.92. The maximum atomic E-state index is 4.37. The van der Waals surface area contributed by atoms with Gasteiger partial charge in [0.05, 0.1) is 12.2 Å². The van der Waals surface area contributed by atoms with E-state index in [0.717, 1.165) is 23.9 Å². The highest BCUT2D eigenvalue weighted by Gasteiger charge is 2.07. The molecule has 2 aromatic heterocycles. The van der Waals surface area contributed by atoms with Crippen molar-refractivity contribution in [1.82, 2.24) is 19.3 Å². The van der Waals surface area contributed by atoms with Gasteiger partial charge in [0, 0.05) is 36.9 Å². The summed E-state index contributed by atoms with van der Waals surface area (Å²) in [5.74, 6) is 0.833. The van der Waals surface area contributed by atoms with Crippen LogP contribution in [0.1, 0.15) is 11.3 Å². The van der Waals surface area contributed by atoms with Gasteiger partial charge in [0.15, 0.2) is 0 Å². The summed E-state index contributed by atoms with van der Waals surface area (Å²) in [5.41, 5.74) is 3.27. The zero-order valence-corrected chi connectivity index (χ0v) is 11.6. The van der Waals surface area contributed by atoms with Gasteiger partial charge in [-0.15, -0.1) is 0 Å². The molecule has 0 unspecified atom stereocenters. The highest BCUT2D eigenvalue weighted by Crippen LogP contribution is 2.16. The molecule has 0 saturated carbocycles. The Morgan fingerprint density at radius 1 is 1.20 bits per heavy atom. The highest BCUT2D eigenvalue weighted by atomic mass is 15.3. The van der Waals surface area contributed by atoms with Crippen molar-refractivity contribution in [2.75, 3.05) is 5.32 Å². The molecule has 0 aliphatic carbocycles. The normalized spacial score (nSPS) is 10.7. The molecule has 0 saturated heterocycles. The lowest BCUT2D eigenvalue weighted by Crippen LogP contribution is -2.04. The van der Waals surface area contributed by atoms with Crippen LogP contribution in [-0.4, -0.2) is 19.3 Å². The summed E-state index contributed by atoms with van der Waals surface area (Å²) in [6.07, 6.45) is 5.82. The van der Waals surface area contributed by atoms with E-state index in [2.05, 4.69) is 20.0 Å². The first kappa shape index (κ1) is 12.5. The number of imidazole rings is 1. The summed E-state index contributed by atoms with van der Waals surface area (Å²) >= 11 is 0. The number of nitrogens with zero attached hydrogens (tertiary/aromatic N) is 4. The zero-order valence-electron chi connectivity index (χ0n) is 11.6. The second-order valence-corrected chi connectivity index (χ2v) is 4.78. The Kier molecular flexibility index (Phi) is 3.25. The molecule has 0 radical (unpaired) electrons. The highest BCUT2D eigenvalue weighted by molar-refractivity contribution is 5.53. The molecule has 2 heterocycles. The van der Waals surface area contributed by atoms with Gasteiger partial charge in [-0.25, -0.2) is 4.98 Å². The number of rotatable bonds is 4. The molecule has 0 fully saturated rings. The largest absolute Gasteiger partial charge is 0.326 e. The number of benzene rings is 1. The van der Waals surface area contributed by atoms with E-state index in [0.29, 0.717) is 0 Å². The first-order valence-electron chi connectivity index (χ1n) is 6.55. The number of anilines is 2. The first-order chi connectivity index (χ1) is 9.72. The number of aromatic nitrogens is 4. The molecule has 0 amide bonds. The number of nitrogens with one attached hydrogen (secondary N) is 1. The Hall–Kier alpha value is -2.56. The molecule has 0 aliphatic heterocycles. The van der Waals surface area contributed by atoms with Crippen molar-refractivity contribution in [1.29, 1.82) is 0 Å². The quantitative estimate of drug-likeness (QED) is 0.790. The van der Waals surface area contributed by atoms with Crippen LogP contribution in [0.5, 0.6) is 0 Å². The Bertz CT molecular complexity index is 696. The minimum Gasteiger partial charge on any atom is -0.326 e. The summed E-state index contributed by atoms with van der Waals surface area (Å²) in [5, 5.41) is 7.69. The van der Waals surface area contributed by atoms with Gasteiger partial charge in [-0.3, -0.25) is 4.68 Å². The number of hydrogen-bond acceptors (Lipinski definition) is 3. The van der Waals surface area contributed by atoms with Crippen LogP contribution in [0.25, 0.3) is 0 Å². The topological polar surface area (TPSA) is 47.7 Å². The van der Waals surface area contributed by atoms with Crippen molar-refractivity contribution in [3.05, 3.63) is 60.2 Å². The smallest absolute Gasteiger partial charge is 0.207 e. The summed E-state index contributed by atoms with van der Waals surface area (Å²) in [4.78, 5) is 4.37. The number of hydrogen-bond donors (Lipinski definition) is 1. The summed E-state index contributed by atoms with van der Waals surface area (Å²) in [6.45, 7) is 2.78. The molecule has 102 valence electrons. The molecule has 0 spiro atoms. The van der Waals surface area contributed by atoms with Crippen LogP contribution in [0.4, 0.5) is 11.6 Å². The van der Waals surface area contributed by atoms with E-state index in [1.807, 2.05) is 61.4 Å². The van der Waals surface area contributed by atoms with Crippen molar-refractivity contribution in [3.63, 3.8) is 0 Å². The lowest BCUT2D eigenvalue weighted by atomic mass is 10.2. The maximum Gasteiger partial charge on any atom is 0.207 e. The molecule has 3 rings (SSSR count). The minimum atomic E-state index is 0.759. The Morgan fingerprint density at radius 3 is 2.70 bits per heavy atom. The Morgan fingerprint density at radius 2 is 2.00 bits per heavy atom. The lowest BCUT2D eigenvalue weighted by Gasteiger charge is -2.09. The molecule has 20 heavy (non-hydrogen) atoms. The fraction of sp³-hybridized carbons (Fsp3) is 0.200. The third kappa shape index (κ3) is 2.56. The SMILES string of the molecule is Cc1nn(C)cc1Cn1ccnc1Nc1ccccc1. The monoisotopic (exact) mass is 267 g/mol. The Labute approximate surface area is 117 Å². The van der Waals surface area contributed by atoms with Gasteiger partial charge in [0.2, 0.25) is 5.95 Å². The molecule has 1 aromatic carbocycles. The van der Waals surface area contributed by atoms with E-state index in [4.69, 9.17) is 0 Å². The molecule has 0 bridgehead atoms. The van der Waals surface area contributed by atoms with E-state index < -0.39 is 0 Å². The predicted molar refractivity (Wildman–Crippen MR) is 79.0 cm³/mol. The van der Waals surface area contributed by atoms with Gasteiger partial charge < -0.3 is 9.88 Å². The van der Waals surface area contributed by atoms with E-state index in [-0.39, 0.29) is 0 Å². The molecule has 5 heteroatoms. The molecule has 5 nitrogen and oxygen atoms in total. The van der Waals surface area contributed by atoms with Crippen LogP contribution in [0.15, 0.2) is 48.9 Å². The van der Waals surface area contributed by atoms with E-state index in [1.54, 1.807) is 6.20 Å². The van der Waals surface area contributed by atoms with Crippen molar-refractivity contribution < 1.29 is 0 Å². The average molecular weight is 267 g/mol. The molecule has 0 atom stereocenters. The van der Waals surface area contributed by atoms with E-state index >= 15 is 0 Å². The second-order valence-electron chi connectivity index (χ2n) is 4.78. The average Bonchev–Trinajstić information content (AvgIpc) is 2.99. The third-order valence-corrected chi connectivity index (χ3v) is 3.20. The first-order valence-corrected chi connectivity index (χ1v) is 6.55. The van der Waals surface area contributed by atoms with E-state index in [9.17, 15) is 0 Å². The standard InChI is InChI=1S/C15H17N5/c1-12-13(10-19(2)18-12)11-20-9-8-16-15(20)17-14-6-4-3-5-7-14/h3-10H,11H2,1-2H3,(H,16,17). The molecular formula is C15H17N5. The lowest BCUT2D eigenvalue weighted by molar-refractivity contribution is 0.755. The fourth-order valence-corrected chi connectivity index (χ4v) is 2.20. The number of aryl methyl sites for hydroxylation is 2. The molecule has 1 N–H and O–H groups in total.